The minimum Gasteiger partial charge on any atom is -0.355 e. The van der Waals surface area contributed by atoms with Crippen molar-refractivity contribution in [3.63, 3.8) is 0 Å². The number of rotatable bonds is 7. The fraction of sp³-hybridized carbons (Fsp3) is 0.529. The lowest BCUT2D eigenvalue weighted by molar-refractivity contribution is -0.118. The molecule has 0 radical (unpaired) electrons. The molecule has 1 aromatic rings. The Kier molecular flexibility index (Phi) is 6.89. The quantitative estimate of drug-likeness (QED) is 0.783. The molecule has 138 valence electrons. The van der Waals surface area contributed by atoms with E-state index < -0.39 is 10.0 Å². The van der Waals surface area contributed by atoms with Crippen LogP contribution in [0.1, 0.15) is 33.6 Å². The molecule has 8 heteroatoms. The molecular weight excluding hydrogens is 358 g/mol. The number of sulfonamides is 1. The van der Waals surface area contributed by atoms with E-state index in [1.54, 1.807) is 18.2 Å². The molecule has 0 atom stereocenters. The van der Waals surface area contributed by atoms with Gasteiger partial charge < -0.3 is 10.2 Å². The summed E-state index contributed by atoms with van der Waals surface area (Å²) in [4.78, 5) is 14.1. The van der Waals surface area contributed by atoms with E-state index in [4.69, 9.17) is 0 Å². The van der Waals surface area contributed by atoms with Gasteiger partial charge in [0, 0.05) is 13.1 Å². The van der Waals surface area contributed by atoms with E-state index in [1.165, 1.54) is 0 Å². The van der Waals surface area contributed by atoms with Crippen LogP contribution in [0.2, 0.25) is 0 Å². The lowest BCUT2D eigenvalue weighted by Crippen LogP contribution is -2.36. The number of anilines is 1. The van der Waals surface area contributed by atoms with E-state index in [-0.39, 0.29) is 16.6 Å². The largest absolute Gasteiger partial charge is 0.355 e. The van der Waals surface area contributed by atoms with Gasteiger partial charge in [-0.05, 0) is 30.9 Å². The van der Waals surface area contributed by atoms with Gasteiger partial charge in [0.2, 0.25) is 5.91 Å². The Bertz CT molecular complexity index is 745. The van der Waals surface area contributed by atoms with Gasteiger partial charge in [0.1, 0.15) is 4.90 Å². The Morgan fingerprint density at radius 1 is 1.32 bits per heavy atom. The van der Waals surface area contributed by atoms with Crippen LogP contribution in [0.5, 0.6) is 0 Å². The predicted molar refractivity (Wildman–Crippen MR) is 104 cm³/mol. The standard InChI is InChI=1S/C17H25N3O3S2/c1-4-11-20-14-7-5-6-8-15(14)25(22,23)19-17(20)24-12-16(21)18-10-9-13(2)3/h5-8,13H,4,9-12H2,1-3H3,(H,18,21). The number of nitrogens with zero attached hydrogens (tertiary/aromatic N) is 2. The number of carbonyl (C=O) groups excluding carboxylic acids is 1. The third-order valence-electron chi connectivity index (χ3n) is 3.69. The number of para-hydroxylation sites is 1. The molecule has 1 aliphatic heterocycles. The zero-order chi connectivity index (χ0) is 18.4. The van der Waals surface area contributed by atoms with E-state index in [9.17, 15) is 13.2 Å². The molecule has 1 amide bonds. The Morgan fingerprint density at radius 3 is 2.72 bits per heavy atom. The zero-order valence-electron chi connectivity index (χ0n) is 14.9. The highest BCUT2D eigenvalue weighted by molar-refractivity contribution is 8.15. The molecule has 0 aliphatic carbocycles. The maximum Gasteiger partial charge on any atom is 0.286 e. The van der Waals surface area contributed by atoms with Crippen molar-refractivity contribution in [2.24, 2.45) is 10.3 Å². The third kappa shape index (κ3) is 5.22. The highest BCUT2D eigenvalue weighted by Crippen LogP contribution is 2.34. The minimum atomic E-state index is -3.72. The van der Waals surface area contributed by atoms with Gasteiger partial charge >= 0.3 is 0 Å². The second-order valence-electron chi connectivity index (χ2n) is 6.29. The van der Waals surface area contributed by atoms with Crippen LogP contribution in [0.25, 0.3) is 0 Å². The number of fused-ring (bicyclic) bond motifs is 1. The van der Waals surface area contributed by atoms with Gasteiger partial charge in [-0.15, -0.1) is 4.40 Å². The smallest absolute Gasteiger partial charge is 0.286 e. The van der Waals surface area contributed by atoms with Crippen molar-refractivity contribution < 1.29 is 13.2 Å². The average Bonchev–Trinajstić information content (AvgIpc) is 2.55. The summed E-state index contributed by atoms with van der Waals surface area (Å²) in [5, 5.41) is 3.22. The van der Waals surface area contributed by atoms with Crippen LogP contribution in [-0.4, -0.2) is 38.3 Å². The van der Waals surface area contributed by atoms with Crippen molar-refractivity contribution in [1.29, 1.82) is 0 Å². The molecule has 0 unspecified atom stereocenters. The van der Waals surface area contributed by atoms with Crippen LogP contribution in [0, 0.1) is 5.92 Å². The molecule has 0 bridgehead atoms. The summed E-state index contributed by atoms with van der Waals surface area (Å²) in [5.74, 6) is 0.563. The molecule has 1 aromatic carbocycles. The molecule has 1 heterocycles. The van der Waals surface area contributed by atoms with Crippen LogP contribution < -0.4 is 10.2 Å². The van der Waals surface area contributed by atoms with E-state index >= 15 is 0 Å². The Morgan fingerprint density at radius 2 is 2.04 bits per heavy atom. The Balaban J connectivity index is 2.11. The van der Waals surface area contributed by atoms with Gasteiger partial charge in [0.05, 0.1) is 11.4 Å². The molecular formula is C17H25N3O3S2. The molecule has 2 rings (SSSR count). The SMILES string of the molecule is CCCN1C(SCC(=O)NCCC(C)C)=NS(=O)(=O)c2ccccc21. The topological polar surface area (TPSA) is 78.8 Å². The molecule has 0 saturated carbocycles. The first kappa shape index (κ1) is 19.8. The first-order valence-corrected chi connectivity index (χ1v) is 10.9. The maximum atomic E-state index is 12.4. The van der Waals surface area contributed by atoms with E-state index in [1.807, 2.05) is 17.9 Å². The first-order valence-electron chi connectivity index (χ1n) is 8.46. The predicted octanol–water partition coefficient (Wildman–Crippen LogP) is 2.86. The van der Waals surface area contributed by atoms with Crippen molar-refractivity contribution in [1.82, 2.24) is 5.32 Å². The van der Waals surface area contributed by atoms with Crippen LogP contribution in [0.3, 0.4) is 0 Å². The first-order chi connectivity index (χ1) is 11.8. The number of amidine groups is 1. The summed E-state index contributed by atoms with van der Waals surface area (Å²) in [6, 6.07) is 6.84. The summed E-state index contributed by atoms with van der Waals surface area (Å²) in [7, 11) is -3.72. The van der Waals surface area contributed by atoms with Crippen molar-refractivity contribution in [2.45, 2.75) is 38.5 Å². The van der Waals surface area contributed by atoms with Crippen LogP contribution >= 0.6 is 11.8 Å². The van der Waals surface area contributed by atoms with Crippen LogP contribution in [0.4, 0.5) is 5.69 Å². The van der Waals surface area contributed by atoms with Crippen molar-refractivity contribution in [3.8, 4) is 0 Å². The van der Waals surface area contributed by atoms with E-state index in [0.717, 1.165) is 24.6 Å². The van der Waals surface area contributed by atoms with Gasteiger partial charge in [0.25, 0.3) is 10.0 Å². The molecule has 0 fully saturated rings. The zero-order valence-corrected chi connectivity index (χ0v) is 16.5. The number of hydrogen-bond donors (Lipinski definition) is 1. The monoisotopic (exact) mass is 383 g/mol. The Labute approximate surface area is 154 Å². The van der Waals surface area contributed by atoms with Crippen molar-refractivity contribution in [3.05, 3.63) is 24.3 Å². The summed E-state index contributed by atoms with van der Waals surface area (Å²) in [5.41, 5.74) is 0.627. The third-order valence-corrected chi connectivity index (χ3v) is 6.09. The number of nitrogens with one attached hydrogen (secondary N) is 1. The summed E-state index contributed by atoms with van der Waals surface area (Å²) in [6.07, 6.45) is 1.76. The van der Waals surface area contributed by atoms with Gasteiger partial charge in [-0.1, -0.05) is 44.7 Å². The number of benzene rings is 1. The fourth-order valence-corrected chi connectivity index (χ4v) is 4.74. The van der Waals surface area contributed by atoms with Crippen LogP contribution in [-0.2, 0) is 14.8 Å². The van der Waals surface area contributed by atoms with Gasteiger partial charge in [-0.3, -0.25) is 4.79 Å². The number of thioether (sulfide) groups is 1. The number of carbonyl (C=O) groups is 1. The highest BCUT2D eigenvalue weighted by atomic mass is 32.2. The van der Waals surface area contributed by atoms with E-state index in [2.05, 4.69) is 23.6 Å². The second-order valence-corrected chi connectivity index (χ2v) is 8.80. The van der Waals surface area contributed by atoms with Gasteiger partial charge in [0.15, 0.2) is 5.17 Å². The molecule has 1 aliphatic rings. The molecule has 0 spiro atoms. The fourth-order valence-electron chi connectivity index (χ4n) is 2.43. The van der Waals surface area contributed by atoms with Crippen molar-refractivity contribution >= 4 is 38.5 Å². The number of amides is 1. The van der Waals surface area contributed by atoms with Gasteiger partial charge in [-0.25, -0.2) is 0 Å². The Hall–Kier alpha value is -1.54. The maximum absolute atomic E-state index is 12.4. The molecule has 25 heavy (non-hydrogen) atoms. The lowest BCUT2D eigenvalue weighted by atomic mass is 10.1. The van der Waals surface area contributed by atoms with Gasteiger partial charge in [-0.2, -0.15) is 8.42 Å². The normalized spacial score (nSPS) is 15.7. The van der Waals surface area contributed by atoms with Crippen molar-refractivity contribution in [2.75, 3.05) is 23.7 Å². The van der Waals surface area contributed by atoms with Crippen LogP contribution in [0.15, 0.2) is 33.6 Å². The number of hydrogen-bond acceptors (Lipinski definition) is 5. The highest BCUT2D eigenvalue weighted by Gasteiger charge is 2.30. The molecule has 1 N–H and O–H groups in total. The average molecular weight is 384 g/mol. The summed E-state index contributed by atoms with van der Waals surface area (Å²) in [6.45, 7) is 7.49. The lowest BCUT2D eigenvalue weighted by Gasteiger charge is -2.29. The van der Waals surface area contributed by atoms with E-state index in [0.29, 0.717) is 29.9 Å². The summed E-state index contributed by atoms with van der Waals surface area (Å²) >= 11 is 1.16. The molecule has 0 saturated heterocycles. The second kappa shape index (κ2) is 8.71. The molecule has 0 aromatic heterocycles. The molecule has 6 nitrogen and oxygen atoms in total. The summed E-state index contributed by atoms with van der Waals surface area (Å²) < 4.78 is 28.7. The minimum absolute atomic E-state index is 0.110.